The van der Waals surface area contributed by atoms with E-state index in [1.807, 2.05) is 0 Å². The summed E-state index contributed by atoms with van der Waals surface area (Å²) in [5.74, 6) is -0.364. The molecule has 0 radical (unpaired) electrons. The zero-order chi connectivity index (χ0) is 12.7. The summed E-state index contributed by atoms with van der Waals surface area (Å²) >= 11 is 3.28. The Labute approximate surface area is 107 Å². The van der Waals surface area contributed by atoms with Gasteiger partial charge in [0.05, 0.1) is 13.5 Å². The first-order valence-corrected chi connectivity index (χ1v) is 5.75. The van der Waals surface area contributed by atoms with E-state index >= 15 is 0 Å². The molecule has 0 aromatic heterocycles. The molecule has 92 valence electrons. The van der Waals surface area contributed by atoms with Crippen molar-refractivity contribution in [3.05, 3.63) is 24.5 Å². The molecule has 1 aliphatic heterocycles. The minimum Gasteiger partial charge on any atom is -0.499 e. The van der Waals surface area contributed by atoms with E-state index in [1.54, 1.807) is 6.08 Å². The van der Waals surface area contributed by atoms with Crippen LogP contribution >= 0.6 is 15.9 Å². The number of carbonyl (C=O) groups is 2. The standard InChI is InChI=1S/C11H11BrO5/c1-3-4-8(13)16-6-10-5-7(15-2)11(10,12)9(14)17-10/h3,5H,1,4,6H2,2H3. The number of carbonyl (C=O) groups excluding carboxylic acids is 2. The third kappa shape index (κ3) is 1.43. The zero-order valence-electron chi connectivity index (χ0n) is 9.20. The monoisotopic (exact) mass is 302 g/mol. The highest BCUT2D eigenvalue weighted by atomic mass is 79.9. The average Bonchev–Trinajstić information content (AvgIpc) is 2.31. The summed E-state index contributed by atoms with van der Waals surface area (Å²) in [5.41, 5.74) is -0.924. The first-order chi connectivity index (χ1) is 8.00. The summed E-state index contributed by atoms with van der Waals surface area (Å²) < 4.78 is 14.1. The van der Waals surface area contributed by atoms with Gasteiger partial charge in [0.15, 0.2) is 0 Å². The number of methoxy groups -OCH3 is 1. The van der Waals surface area contributed by atoms with Gasteiger partial charge in [0.1, 0.15) is 12.4 Å². The molecule has 0 N–H and O–H groups in total. The number of esters is 2. The van der Waals surface area contributed by atoms with E-state index in [0.29, 0.717) is 5.76 Å². The molecule has 1 fully saturated rings. The van der Waals surface area contributed by atoms with Crippen LogP contribution in [0.1, 0.15) is 6.42 Å². The van der Waals surface area contributed by atoms with Gasteiger partial charge in [-0.1, -0.05) is 22.0 Å². The highest BCUT2D eigenvalue weighted by Crippen LogP contribution is 2.59. The Hall–Kier alpha value is -1.30. The van der Waals surface area contributed by atoms with E-state index in [1.165, 1.54) is 13.2 Å². The number of alkyl halides is 1. The van der Waals surface area contributed by atoms with Crippen LogP contribution in [0.3, 0.4) is 0 Å². The van der Waals surface area contributed by atoms with Crippen LogP contribution in [0.5, 0.6) is 0 Å². The predicted octanol–water partition coefficient (Wildman–Crippen LogP) is 1.08. The van der Waals surface area contributed by atoms with Crippen molar-refractivity contribution in [2.24, 2.45) is 0 Å². The second-order valence-corrected chi connectivity index (χ2v) is 4.99. The van der Waals surface area contributed by atoms with Gasteiger partial charge < -0.3 is 14.2 Å². The molecule has 2 aliphatic rings. The van der Waals surface area contributed by atoms with Crippen molar-refractivity contribution < 1.29 is 23.8 Å². The van der Waals surface area contributed by atoms with Crippen molar-refractivity contribution in [1.82, 2.24) is 0 Å². The van der Waals surface area contributed by atoms with E-state index in [2.05, 4.69) is 22.5 Å². The van der Waals surface area contributed by atoms with Gasteiger partial charge in [0.25, 0.3) is 0 Å². The molecular weight excluding hydrogens is 292 g/mol. The molecular formula is C11H11BrO5. The van der Waals surface area contributed by atoms with Crippen LogP contribution in [-0.2, 0) is 23.8 Å². The lowest BCUT2D eigenvalue weighted by atomic mass is 9.70. The molecule has 0 aromatic rings. The normalized spacial score (nSPS) is 33.3. The first-order valence-electron chi connectivity index (χ1n) is 4.96. The first kappa shape index (κ1) is 12.2. The van der Waals surface area contributed by atoms with E-state index in [0.717, 1.165) is 0 Å². The summed E-state index contributed by atoms with van der Waals surface area (Å²) in [6.45, 7) is 3.41. The molecule has 2 atom stereocenters. The summed E-state index contributed by atoms with van der Waals surface area (Å²) in [6, 6.07) is 0. The number of fused-ring (bicyclic) bond motifs is 1. The van der Waals surface area contributed by atoms with Crippen molar-refractivity contribution in [3.63, 3.8) is 0 Å². The average molecular weight is 303 g/mol. The Morgan fingerprint density at radius 1 is 1.71 bits per heavy atom. The molecule has 1 saturated heterocycles. The van der Waals surface area contributed by atoms with Gasteiger partial charge in [-0.05, 0) is 0 Å². The van der Waals surface area contributed by atoms with E-state index in [9.17, 15) is 9.59 Å². The fraction of sp³-hybridized carbons (Fsp3) is 0.455. The van der Waals surface area contributed by atoms with Crippen molar-refractivity contribution in [2.45, 2.75) is 16.3 Å². The van der Waals surface area contributed by atoms with E-state index < -0.39 is 21.9 Å². The Morgan fingerprint density at radius 2 is 2.41 bits per heavy atom. The molecule has 0 bridgehead atoms. The highest BCUT2D eigenvalue weighted by molar-refractivity contribution is 9.10. The summed E-state index contributed by atoms with van der Waals surface area (Å²) in [4.78, 5) is 22.6. The second-order valence-electron chi connectivity index (χ2n) is 3.80. The topological polar surface area (TPSA) is 61.8 Å². The highest BCUT2D eigenvalue weighted by Gasteiger charge is 2.77. The lowest BCUT2D eigenvalue weighted by Crippen LogP contribution is -2.76. The maximum atomic E-state index is 11.4. The number of ether oxygens (including phenoxy) is 3. The number of rotatable bonds is 5. The van der Waals surface area contributed by atoms with Crippen molar-refractivity contribution in [3.8, 4) is 0 Å². The summed E-state index contributed by atoms with van der Waals surface area (Å²) in [5, 5.41) is 0. The molecule has 1 aliphatic carbocycles. The van der Waals surface area contributed by atoms with Gasteiger partial charge in [0, 0.05) is 6.08 Å². The predicted molar refractivity (Wildman–Crippen MR) is 61.3 cm³/mol. The zero-order valence-corrected chi connectivity index (χ0v) is 10.8. The lowest BCUT2D eigenvalue weighted by Gasteiger charge is -2.57. The fourth-order valence-electron chi connectivity index (χ4n) is 1.84. The second kappa shape index (κ2) is 3.87. The maximum absolute atomic E-state index is 11.4. The Balaban J connectivity index is 2.03. The Bertz CT molecular complexity index is 430. The summed E-state index contributed by atoms with van der Waals surface area (Å²) in [6.07, 6.45) is 3.20. The molecule has 17 heavy (non-hydrogen) atoms. The van der Waals surface area contributed by atoms with Gasteiger partial charge in [-0.25, -0.2) is 4.79 Å². The van der Waals surface area contributed by atoms with Gasteiger partial charge in [-0.2, -0.15) is 0 Å². The van der Waals surface area contributed by atoms with Crippen LogP contribution < -0.4 is 0 Å². The van der Waals surface area contributed by atoms with Gasteiger partial charge in [-0.3, -0.25) is 4.79 Å². The van der Waals surface area contributed by atoms with Crippen LogP contribution in [-0.4, -0.2) is 35.6 Å². The Kier molecular flexibility index (Phi) is 2.77. The number of hydrogen-bond donors (Lipinski definition) is 0. The molecule has 5 nitrogen and oxygen atoms in total. The van der Waals surface area contributed by atoms with Crippen LogP contribution in [0.4, 0.5) is 0 Å². The molecule has 0 amide bonds. The SMILES string of the molecule is C=CCC(=O)OCC12C=C(OC)C1(Br)C(=O)O2. The number of halogens is 1. The molecule has 1 heterocycles. The third-order valence-corrected chi connectivity index (χ3v) is 4.21. The lowest BCUT2D eigenvalue weighted by molar-refractivity contribution is -0.211. The molecule has 2 unspecified atom stereocenters. The van der Waals surface area contributed by atoms with Gasteiger partial charge >= 0.3 is 11.9 Å². The molecule has 6 heteroatoms. The molecule has 0 aromatic carbocycles. The van der Waals surface area contributed by atoms with Crippen molar-refractivity contribution in [2.75, 3.05) is 13.7 Å². The van der Waals surface area contributed by atoms with E-state index in [4.69, 9.17) is 14.2 Å². The van der Waals surface area contributed by atoms with E-state index in [-0.39, 0.29) is 13.0 Å². The van der Waals surface area contributed by atoms with Crippen LogP contribution in [0.2, 0.25) is 0 Å². The number of hydrogen-bond acceptors (Lipinski definition) is 5. The molecule has 2 rings (SSSR count). The molecule has 0 spiro atoms. The third-order valence-electron chi connectivity index (χ3n) is 2.82. The smallest absolute Gasteiger partial charge is 0.336 e. The maximum Gasteiger partial charge on any atom is 0.336 e. The van der Waals surface area contributed by atoms with Crippen LogP contribution in [0, 0.1) is 0 Å². The van der Waals surface area contributed by atoms with Crippen LogP contribution in [0.25, 0.3) is 0 Å². The Morgan fingerprint density at radius 3 is 2.94 bits per heavy atom. The fourth-order valence-corrected chi connectivity index (χ4v) is 2.51. The molecule has 0 saturated carbocycles. The quantitative estimate of drug-likeness (QED) is 0.432. The van der Waals surface area contributed by atoms with Gasteiger partial charge in [-0.15, -0.1) is 6.58 Å². The largest absolute Gasteiger partial charge is 0.499 e. The van der Waals surface area contributed by atoms with Crippen LogP contribution in [0.15, 0.2) is 24.5 Å². The summed E-state index contributed by atoms with van der Waals surface area (Å²) in [7, 11) is 1.47. The minimum absolute atomic E-state index is 0.0243. The van der Waals surface area contributed by atoms with Crippen molar-refractivity contribution in [1.29, 1.82) is 0 Å². The van der Waals surface area contributed by atoms with Gasteiger partial charge in [0.2, 0.25) is 9.93 Å². The minimum atomic E-state index is -0.997. The van der Waals surface area contributed by atoms with Crippen molar-refractivity contribution >= 4 is 27.9 Å².